The molecule has 26 heavy (non-hydrogen) atoms. The van der Waals surface area contributed by atoms with E-state index < -0.39 is 15.9 Å². The third-order valence-electron chi connectivity index (χ3n) is 4.60. The van der Waals surface area contributed by atoms with Gasteiger partial charge in [0.05, 0.1) is 5.75 Å². The molecule has 1 amide bonds. The summed E-state index contributed by atoms with van der Waals surface area (Å²) < 4.78 is 30.0. The van der Waals surface area contributed by atoms with Gasteiger partial charge in [0, 0.05) is 20.0 Å². The van der Waals surface area contributed by atoms with Crippen LogP contribution in [0.1, 0.15) is 96.8 Å². The molecule has 5 nitrogen and oxygen atoms in total. The second-order valence-corrected chi connectivity index (χ2v) is 8.67. The number of carbonyl (C=O) groups excluding carboxylic acids is 1. The molecule has 152 valence electrons. The maximum atomic E-state index is 11.8. The molecule has 0 aliphatic rings. The third kappa shape index (κ3) is 20.7. The Balaban J connectivity index is 0. The summed E-state index contributed by atoms with van der Waals surface area (Å²) in [6.45, 7) is 2.30. The quantitative estimate of drug-likeness (QED) is 0.225. The molecule has 0 spiro atoms. The van der Waals surface area contributed by atoms with Crippen LogP contribution < -0.4 is 0 Å². The van der Waals surface area contributed by atoms with E-state index >= 15 is 0 Å². The molecular formula is C19H40NNaO4S. The average Bonchev–Trinajstić information content (AvgIpc) is 2.56. The summed E-state index contributed by atoms with van der Waals surface area (Å²) in [6.07, 6.45) is 16.9. The molecular weight excluding hydrogens is 361 g/mol. The molecule has 0 radical (unpaired) electrons. The molecule has 0 fully saturated rings. The average molecular weight is 402 g/mol. The number of carbonyl (C=O) groups is 1. The normalized spacial score (nSPS) is 11.2. The van der Waals surface area contributed by atoms with Crippen molar-refractivity contribution < 1.29 is 17.8 Å². The van der Waals surface area contributed by atoms with Gasteiger partial charge in [0.15, 0.2) is 0 Å². The Labute approximate surface area is 183 Å². The van der Waals surface area contributed by atoms with Gasteiger partial charge in [-0.25, -0.2) is 0 Å². The minimum atomic E-state index is -4.00. The van der Waals surface area contributed by atoms with Crippen LogP contribution in [-0.4, -0.2) is 72.7 Å². The van der Waals surface area contributed by atoms with Crippen molar-refractivity contribution in [1.82, 2.24) is 4.90 Å². The Morgan fingerprint density at radius 1 is 0.808 bits per heavy atom. The van der Waals surface area contributed by atoms with Crippen LogP contribution in [-0.2, 0) is 14.9 Å². The summed E-state index contributed by atoms with van der Waals surface area (Å²) in [5.41, 5.74) is 0. The monoisotopic (exact) mass is 401 g/mol. The van der Waals surface area contributed by atoms with Gasteiger partial charge in [-0.05, 0) is 6.42 Å². The Kier molecular flexibility index (Phi) is 20.6. The molecule has 0 heterocycles. The molecule has 7 heteroatoms. The van der Waals surface area contributed by atoms with Crippen LogP contribution in [0.15, 0.2) is 0 Å². The first-order chi connectivity index (χ1) is 11.9. The standard InChI is InChI=1S/C19H39NO4S.Na.H/c1-3-4-5-6-7-8-9-10-11-12-13-14-15-16-19(21)20(2)17-18-25(22,23)24;;/h3-18H2,1-2H3,(H,22,23,24);;. The van der Waals surface area contributed by atoms with E-state index in [9.17, 15) is 13.2 Å². The Morgan fingerprint density at radius 2 is 1.19 bits per heavy atom. The molecule has 0 aromatic heterocycles. The fourth-order valence-electron chi connectivity index (χ4n) is 2.86. The fraction of sp³-hybridized carbons (Fsp3) is 0.947. The van der Waals surface area contributed by atoms with E-state index in [1.54, 1.807) is 7.05 Å². The predicted molar refractivity (Wildman–Crippen MR) is 112 cm³/mol. The van der Waals surface area contributed by atoms with E-state index in [1.165, 1.54) is 75.5 Å². The van der Waals surface area contributed by atoms with Crippen molar-refractivity contribution in [3.05, 3.63) is 0 Å². The van der Waals surface area contributed by atoms with Gasteiger partial charge >= 0.3 is 29.6 Å². The SMILES string of the molecule is CCCCCCCCCCCCCCCC(=O)N(C)CCS(=O)(=O)O.[NaH]. The number of hydrogen-bond acceptors (Lipinski definition) is 3. The summed E-state index contributed by atoms with van der Waals surface area (Å²) in [5, 5.41) is 0. The van der Waals surface area contributed by atoms with Crippen LogP contribution in [0, 0.1) is 0 Å². The summed E-state index contributed by atoms with van der Waals surface area (Å²) in [4.78, 5) is 13.2. The Morgan fingerprint density at radius 3 is 1.58 bits per heavy atom. The zero-order chi connectivity index (χ0) is 19.0. The first kappa shape index (κ1) is 28.6. The molecule has 0 rings (SSSR count). The van der Waals surface area contributed by atoms with Gasteiger partial charge in [-0.1, -0.05) is 84.0 Å². The van der Waals surface area contributed by atoms with Crippen molar-refractivity contribution in [2.45, 2.75) is 96.8 Å². The van der Waals surface area contributed by atoms with Gasteiger partial charge in [-0.15, -0.1) is 0 Å². The van der Waals surface area contributed by atoms with Crippen molar-refractivity contribution in [3.63, 3.8) is 0 Å². The van der Waals surface area contributed by atoms with Crippen LogP contribution in [0.2, 0.25) is 0 Å². The van der Waals surface area contributed by atoms with Crippen LogP contribution in [0.25, 0.3) is 0 Å². The topological polar surface area (TPSA) is 74.7 Å². The van der Waals surface area contributed by atoms with E-state index in [0.717, 1.165) is 12.8 Å². The van der Waals surface area contributed by atoms with Gasteiger partial charge in [0.25, 0.3) is 10.1 Å². The first-order valence-corrected chi connectivity index (χ1v) is 11.7. The van der Waals surface area contributed by atoms with Crippen molar-refractivity contribution >= 4 is 45.6 Å². The van der Waals surface area contributed by atoms with Crippen LogP contribution in [0.5, 0.6) is 0 Å². The third-order valence-corrected chi connectivity index (χ3v) is 5.30. The molecule has 0 aromatic rings. The van der Waals surface area contributed by atoms with E-state index in [0.29, 0.717) is 6.42 Å². The molecule has 0 bridgehead atoms. The Hall–Kier alpha value is 0.380. The van der Waals surface area contributed by atoms with Crippen molar-refractivity contribution in [1.29, 1.82) is 0 Å². The number of amides is 1. The summed E-state index contributed by atoms with van der Waals surface area (Å²) in [5.74, 6) is -0.444. The zero-order valence-electron chi connectivity index (χ0n) is 16.3. The molecule has 0 aliphatic carbocycles. The molecule has 0 saturated heterocycles. The summed E-state index contributed by atoms with van der Waals surface area (Å²) >= 11 is 0. The molecule has 0 atom stereocenters. The van der Waals surface area contributed by atoms with Crippen LogP contribution >= 0.6 is 0 Å². The van der Waals surface area contributed by atoms with Gasteiger partial charge < -0.3 is 4.90 Å². The van der Waals surface area contributed by atoms with Gasteiger partial charge in [0.1, 0.15) is 0 Å². The number of rotatable bonds is 17. The molecule has 1 N–H and O–H groups in total. The van der Waals surface area contributed by atoms with Gasteiger partial charge in [-0.3, -0.25) is 9.35 Å². The molecule has 0 saturated carbocycles. The van der Waals surface area contributed by atoms with E-state index in [4.69, 9.17) is 4.55 Å². The molecule has 0 aliphatic heterocycles. The number of nitrogens with zero attached hydrogens (tertiary/aromatic N) is 1. The molecule has 0 unspecified atom stereocenters. The second kappa shape index (κ2) is 18.7. The van der Waals surface area contributed by atoms with Crippen molar-refractivity contribution in [2.75, 3.05) is 19.3 Å². The van der Waals surface area contributed by atoms with Gasteiger partial charge in [-0.2, -0.15) is 8.42 Å². The first-order valence-electron chi connectivity index (χ1n) is 10.1. The predicted octanol–water partition coefficient (Wildman–Crippen LogP) is 4.17. The zero-order valence-corrected chi connectivity index (χ0v) is 17.2. The van der Waals surface area contributed by atoms with E-state index in [2.05, 4.69) is 6.92 Å². The number of unbranched alkanes of at least 4 members (excludes halogenated alkanes) is 12. The van der Waals surface area contributed by atoms with E-state index in [1.807, 2.05) is 0 Å². The fourth-order valence-corrected chi connectivity index (χ4v) is 3.37. The Bertz CT molecular complexity index is 429. The number of hydrogen-bond donors (Lipinski definition) is 1. The van der Waals surface area contributed by atoms with Gasteiger partial charge in [0.2, 0.25) is 5.91 Å². The second-order valence-electron chi connectivity index (χ2n) is 7.09. The van der Waals surface area contributed by atoms with Crippen LogP contribution in [0.3, 0.4) is 0 Å². The molecule has 0 aromatic carbocycles. The summed E-state index contributed by atoms with van der Waals surface area (Å²) in [7, 11) is -2.42. The maximum absolute atomic E-state index is 11.8. The summed E-state index contributed by atoms with van der Waals surface area (Å²) in [6, 6.07) is 0. The minimum absolute atomic E-state index is 0. The van der Waals surface area contributed by atoms with Crippen molar-refractivity contribution in [2.24, 2.45) is 0 Å². The van der Waals surface area contributed by atoms with Crippen LogP contribution in [0.4, 0.5) is 0 Å². The van der Waals surface area contributed by atoms with Crippen molar-refractivity contribution in [3.8, 4) is 0 Å². The van der Waals surface area contributed by atoms with E-state index in [-0.39, 0.29) is 42.0 Å².